The summed E-state index contributed by atoms with van der Waals surface area (Å²) in [5.74, 6) is 0.242. The Morgan fingerprint density at radius 3 is 2.62 bits per heavy atom. The summed E-state index contributed by atoms with van der Waals surface area (Å²) >= 11 is 7.36. The van der Waals surface area contributed by atoms with Crippen molar-refractivity contribution >= 4 is 44.8 Å². The Kier molecular flexibility index (Phi) is 8.76. The van der Waals surface area contributed by atoms with Gasteiger partial charge in [-0.05, 0) is 36.8 Å². The summed E-state index contributed by atoms with van der Waals surface area (Å²) in [7, 11) is -2.09. The maximum absolute atomic E-state index is 12.9. The molecule has 34 heavy (non-hydrogen) atoms. The molecule has 1 aromatic heterocycles. The molecule has 1 unspecified atom stereocenters. The van der Waals surface area contributed by atoms with Crippen LogP contribution in [0.1, 0.15) is 19.2 Å². The van der Waals surface area contributed by atoms with Gasteiger partial charge in [0.05, 0.1) is 22.3 Å². The van der Waals surface area contributed by atoms with Crippen molar-refractivity contribution in [3.05, 3.63) is 72.0 Å². The van der Waals surface area contributed by atoms with Gasteiger partial charge in [0.25, 0.3) is 0 Å². The molecule has 1 heterocycles. The zero-order valence-corrected chi connectivity index (χ0v) is 21.2. The SMILES string of the molecule is C=CCn1c(CS(=O)(=O)c2ccccc2)nnc1SC(CC)C(=O)Nc1ccc(OC)c(Cl)c1. The van der Waals surface area contributed by atoms with Crippen molar-refractivity contribution in [1.29, 1.82) is 0 Å². The zero-order chi connectivity index (χ0) is 24.7. The highest BCUT2D eigenvalue weighted by atomic mass is 35.5. The summed E-state index contributed by atoms with van der Waals surface area (Å²) in [6, 6.07) is 13.2. The zero-order valence-electron chi connectivity index (χ0n) is 18.8. The lowest BCUT2D eigenvalue weighted by Gasteiger charge is -2.16. The van der Waals surface area contributed by atoms with Gasteiger partial charge in [-0.15, -0.1) is 16.8 Å². The van der Waals surface area contributed by atoms with Crippen LogP contribution in [0.2, 0.25) is 5.02 Å². The van der Waals surface area contributed by atoms with Crippen molar-refractivity contribution in [2.75, 3.05) is 12.4 Å². The number of sulfone groups is 1. The number of rotatable bonds is 11. The number of amides is 1. The van der Waals surface area contributed by atoms with E-state index in [2.05, 4.69) is 22.1 Å². The molecule has 8 nitrogen and oxygen atoms in total. The lowest BCUT2D eigenvalue weighted by atomic mass is 10.2. The van der Waals surface area contributed by atoms with Crippen LogP contribution in [0.4, 0.5) is 5.69 Å². The van der Waals surface area contributed by atoms with E-state index in [4.69, 9.17) is 16.3 Å². The molecule has 0 aliphatic heterocycles. The number of anilines is 1. The fourth-order valence-electron chi connectivity index (χ4n) is 3.12. The molecule has 0 saturated heterocycles. The molecule has 0 radical (unpaired) electrons. The molecule has 180 valence electrons. The van der Waals surface area contributed by atoms with Crippen LogP contribution in [-0.2, 0) is 26.9 Å². The average Bonchev–Trinajstić information content (AvgIpc) is 3.18. The predicted octanol–water partition coefficient (Wildman–Crippen LogP) is 4.61. The quantitative estimate of drug-likeness (QED) is 0.291. The number of ether oxygens (including phenoxy) is 1. The molecule has 1 amide bonds. The van der Waals surface area contributed by atoms with Crippen LogP contribution in [0.3, 0.4) is 0 Å². The number of hydrogen-bond acceptors (Lipinski definition) is 7. The molecular formula is C23H25ClN4O4S2. The van der Waals surface area contributed by atoms with Crippen molar-refractivity contribution < 1.29 is 17.9 Å². The number of nitrogens with one attached hydrogen (secondary N) is 1. The van der Waals surface area contributed by atoms with Crippen LogP contribution in [0, 0.1) is 0 Å². The number of carbonyl (C=O) groups excluding carboxylic acids is 1. The minimum atomic E-state index is -3.61. The molecule has 3 rings (SSSR count). The highest BCUT2D eigenvalue weighted by Crippen LogP contribution is 2.30. The van der Waals surface area contributed by atoms with Crippen LogP contribution in [0.15, 0.2) is 71.2 Å². The first kappa shape index (κ1) is 25.8. The van der Waals surface area contributed by atoms with Gasteiger partial charge in [0, 0.05) is 12.2 Å². The molecule has 1 atom stereocenters. The molecule has 0 bridgehead atoms. The maximum Gasteiger partial charge on any atom is 0.237 e. The van der Waals surface area contributed by atoms with E-state index in [1.807, 2.05) is 6.92 Å². The third-order valence-electron chi connectivity index (χ3n) is 4.86. The molecule has 0 saturated carbocycles. The van der Waals surface area contributed by atoms with Crippen molar-refractivity contribution in [3.8, 4) is 5.75 Å². The van der Waals surface area contributed by atoms with E-state index in [1.165, 1.54) is 18.9 Å². The summed E-state index contributed by atoms with van der Waals surface area (Å²) in [6.07, 6.45) is 2.14. The first-order chi connectivity index (χ1) is 16.3. The summed E-state index contributed by atoms with van der Waals surface area (Å²) in [5.41, 5.74) is 0.539. The predicted molar refractivity (Wildman–Crippen MR) is 134 cm³/mol. The average molecular weight is 521 g/mol. The first-order valence-corrected chi connectivity index (χ1v) is 13.3. The molecule has 3 aromatic rings. The second-order valence-corrected chi connectivity index (χ2v) is 10.8. The summed E-state index contributed by atoms with van der Waals surface area (Å²) in [4.78, 5) is 13.1. The van der Waals surface area contributed by atoms with Gasteiger partial charge >= 0.3 is 0 Å². The van der Waals surface area contributed by atoms with Crippen molar-refractivity contribution in [2.24, 2.45) is 0 Å². The van der Waals surface area contributed by atoms with Gasteiger partial charge in [-0.2, -0.15) is 0 Å². The number of halogens is 1. The van der Waals surface area contributed by atoms with Gasteiger partial charge in [0.1, 0.15) is 17.3 Å². The molecule has 0 fully saturated rings. The molecule has 11 heteroatoms. The van der Waals surface area contributed by atoms with Crippen LogP contribution in [0.25, 0.3) is 0 Å². The molecule has 0 aliphatic carbocycles. The molecule has 2 aromatic carbocycles. The summed E-state index contributed by atoms with van der Waals surface area (Å²) < 4.78 is 32.5. The molecule has 1 N–H and O–H groups in total. The number of hydrogen-bond donors (Lipinski definition) is 1. The highest BCUT2D eigenvalue weighted by Gasteiger charge is 2.25. The largest absolute Gasteiger partial charge is 0.495 e. The minimum absolute atomic E-state index is 0.210. The van der Waals surface area contributed by atoms with Gasteiger partial charge in [0.15, 0.2) is 15.0 Å². The Balaban J connectivity index is 1.79. The van der Waals surface area contributed by atoms with E-state index in [9.17, 15) is 13.2 Å². The lowest BCUT2D eigenvalue weighted by molar-refractivity contribution is -0.115. The van der Waals surface area contributed by atoms with Crippen molar-refractivity contribution in [1.82, 2.24) is 14.8 Å². The van der Waals surface area contributed by atoms with Gasteiger partial charge in [-0.1, -0.05) is 54.6 Å². The standard InChI is InChI=1S/C23H25ClN4O4S2/c1-4-13-28-21(15-34(30,31)17-9-7-6-8-10-17)26-27-23(28)33-20(5-2)22(29)25-16-11-12-19(32-3)18(24)14-16/h4,6-12,14,20H,1,5,13,15H2,2-3H3,(H,25,29). The lowest BCUT2D eigenvalue weighted by Crippen LogP contribution is -2.25. The van der Waals surface area contributed by atoms with Crippen molar-refractivity contribution in [3.63, 3.8) is 0 Å². The number of thioether (sulfide) groups is 1. The fourth-order valence-corrected chi connectivity index (χ4v) is 5.65. The Labute approximate surface area is 208 Å². The van der Waals surface area contributed by atoms with E-state index in [0.29, 0.717) is 34.6 Å². The molecule has 0 spiro atoms. The van der Waals surface area contributed by atoms with Crippen LogP contribution >= 0.6 is 23.4 Å². The Bertz CT molecular complexity index is 1260. The number of allylic oxidation sites excluding steroid dienone is 1. The summed E-state index contributed by atoms with van der Waals surface area (Å²) in [6.45, 7) is 5.94. The van der Waals surface area contributed by atoms with Crippen LogP contribution in [-0.4, -0.2) is 41.4 Å². The Morgan fingerprint density at radius 2 is 2.00 bits per heavy atom. The topological polar surface area (TPSA) is 103 Å². The second-order valence-electron chi connectivity index (χ2n) is 7.22. The summed E-state index contributed by atoms with van der Waals surface area (Å²) in [5, 5.41) is 11.5. The second kappa shape index (κ2) is 11.5. The van der Waals surface area contributed by atoms with E-state index in [-0.39, 0.29) is 22.4 Å². The van der Waals surface area contributed by atoms with E-state index < -0.39 is 15.1 Å². The van der Waals surface area contributed by atoms with Gasteiger partial charge < -0.3 is 14.6 Å². The first-order valence-electron chi connectivity index (χ1n) is 10.4. The van der Waals surface area contributed by atoms with Gasteiger partial charge in [-0.3, -0.25) is 4.79 Å². The van der Waals surface area contributed by atoms with E-state index in [0.717, 1.165) is 0 Å². The molecule has 0 aliphatic rings. The normalized spacial score (nSPS) is 12.2. The molecular weight excluding hydrogens is 496 g/mol. The third-order valence-corrected chi connectivity index (χ3v) is 8.13. The number of methoxy groups -OCH3 is 1. The monoisotopic (exact) mass is 520 g/mol. The number of carbonyl (C=O) groups is 1. The maximum atomic E-state index is 12.9. The van der Waals surface area contributed by atoms with Gasteiger partial charge in [0.2, 0.25) is 5.91 Å². The van der Waals surface area contributed by atoms with Crippen molar-refractivity contribution in [2.45, 2.75) is 40.9 Å². The van der Waals surface area contributed by atoms with Crippen LogP contribution in [0.5, 0.6) is 5.75 Å². The number of benzene rings is 2. The fraction of sp³-hybridized carbons (Fsp3) is 0.261. The minimum Gasteiger partial charge on any atom is -0.495 e. The Morgan fingerprint density at radius 1 is 1.26 bits per heavy atom. The highest BCUT2D eigenvalue weighted by molar-refractivity contribution is 8.00. The Hall–Kier alpha value is -2.82. The number of nitrogens with zero attached hydrogens (tertiary/aromatic N) is 3. The van der Waals surface area contributed by atoms with E-state index >= 15 is 0 Å². The third kappa shape index (κ3) is 6.19. The van der Waals surface area contributed by atoms with Gasteiger partial charge in [-0.25, -0.2) is 8.42 Å². The smallest absolute Gasteiger partial charge is 0.237 e. The van der Waals surface area contributed by atoms with Crippen LogP contribution < -0.4 is 10.1 Å². The van der Waals surface area contributed by atoms with E-state index in [1.54, 1.807) is 59.2 Å². The number of aromatic nitrogens is 3.